The molecule has 100 valence electrons. The highest BCUT2D eigenvalue weighted by atomic mass is 16.2. The molecule has 7 N–H and O–H groups in total. The van der Waals surface area contributed by atoms with Crippen LogP contribution in [0.4, 0.5) is 0 Å². The zero-order chi connectivity index (χ0) is 13.1. The van der Waals surface area contributed by atoms with Crippen LogP contribution >= 0.6 is 0 Å². The molecule has 0 aromatic carbocycles. The first-order valence-electron chi connectivity index (χ1n) is 6.06. The summed E-state index contributed by atoms with van der Waals surface area (Å²) >= 11 is 0. The molecule has 0 bridgehead atoms. The fourth-order valence-corrected chi connectivity index (χ4v) is 1.38. The van der Waals surface area contributed by atoms with Crippen LogP contribution in [-0.4, -0.2) is 37.4 Å². The Labute approximate surface area is 102 Å². The van der Waals surface area contributed by atoms with Crippen LogP contribution in [0.1, 0.15) is 32.1 Å². The van der Waals surface area contributed by atoms with Crippen LogP contribution < -0.4 is 22.5 Å². The van der Waals surface area contributed by atoms with Gasteiger partial charge in [-0.15, -0.1) is 0 Å². The second-order valence-electron chi connectivity index (χ2n) is 4.12. The predicted molar refractivity (Wildman–Crippen MR) is 67.2 cm³/mol. The van der Waals surface area contributed by atoms with Gasteiger partial charge in [0.15, 0.2) is 0 Å². The lowest BCUT2D eigenvalue weighted by Gasteiger charge is -2.11. The van der Waals surface area contributed by atoms with Crippen LogP contribution in [-0.2, 0) is 9.59 Å². The molecule has 6 heteroatoms. The number of carbonyl (C=O) groups is 2. The molecule has 0 aliphatic heterocycles. The molecular formula is C11H24N4O2. The number of rotatable bonds is 10. The molecule has 17 heavy (non-hydrogen) atoms. The molecule has 0 saturated heterocycles. The van der Waals surface area contributed by atoms with Crippen LogP contribution in [0.25, 0.3) is 0 Å². The van der Waals surface area contributed by atoms with E-state index in [9.17, 15) is 9.59 Å². The zero-order valence-electron chi connectivity index (χ0n) is 10.2. The minimum Gasteiger partial charge on any atom is -0.355 e. The maximum Gasteiger partial charge on any atom is 0.236 e. The van der Waals surface area contributed by atoms with Crippen molar-refractivity contribution in [2.24, 2.45) is 17.2 Å². The van der Waals surface area contributed by atoms with E-state index < -0.39 is 12.1 Å². The quantitative estimate of drug-likeness (QED) is 0.286. The van der Waals surface area contributed by atoms with Crippen molar-refractivity contribution >= 4 is 12.2 Å². The number of unbranched alkanes of at least 4 members (excludes halogenated alkanes) is 1. The van der Waals surface area contributed by atoms with Crippen molar-refractivity contribution in [1.29, 1.82) is 0 Å². The Kier molecular flexibility index (Phi) is 9.60. The Morgan fingerprint density at radius 1 is 1.18 bits per heavy atom. The highest BCUT2D eigenvalue weighted by molar-refractivity contribution is 5.81. The zero-order valence-corrected chi connectivity index (χ0v) is 10.2. The molecule has 0 aliphatic rings. The van der Waals surface area contributed by atoms with Crippen LogP contribution in [0.2, 0.25) is 0 Å². The van der Waals surface area contributed by atoms with Crippen molar-refractivity contribution < 1.29 is 9.59 Å². The summed E-state index contributed by atoms with van der Waals surface area (Å²) in [5, 5.41) is 2.75. The van der Waals surface area contributed by atoms with E-state index in [-0.39, 0.29) is 5.91 Å². The summed E-state index contributed by atoms with van der Waals surface area (Å²) < 4.78 is 0. The van der Waals surface area contributed by atoms with Gasteiger partial charge in [0.25, 0.3) is 0 Å². The first-order valence-corrected chi connectivity index (χ1v) is 6.06. The third-order valence-corrected chi connectivity index (χ3v) is 2.49. The molecule has 0 aromatic rings. The highest BCUT2D eigenvalue weighted by Gasteiger charge is 2.11. The number of hydrogen-bond acceptors (Lipinski definition) is 5. The second-order valence-corrected chi connectivity index (χ2v) is 4.12. The van der Waals surface area contributed by atoms with Gasteiger partial charge in [0.1, 0.15) is 6.29 Å². The topological polar surface area (TPSA) is 124 Å². The minimum absolute atomic E-state index is 0.141. The molecule has 1 unspecified atom stereocenters. The van der Waals surface area contributed by atoms with Gasteiger partial charge in [0, 0.05) is 6.54 Å². The van der Waals surface area contributed by atoms with Gasteiger partial charge in [-0.25, -0.2) is 0 Å². The molecule has 1 amide bonds. The van der Waals surface area contributed by atoms with Crippen LogP contribution in [0, 0.1) is 0 Å². The molecular weight excluding hydrogens is 220 g/mol. The van der Waals surface area contributed by atoms with Gasteiger partial charge in [-0.3, -0.25) is 4.79 Å². The van der Waals surface area contributed by atoms with Gasteiger partial charge in [-0.05, 0) is 38.6 Å². The second kappa shape index (κ2) is 10.2. The van der Waals surface area contributed by atoms with Gasteiger partial charge in [0.2, 0.25) is 5.91 Å². The first-order chi connectivity index (χ1) is 8.11. The average molecular weight is 244 g/mol. The largest absolute Gasteiger partial charge is 0.355 e. The average Bonchev–Trinajstić information content (AvgIpc) is 2.34. The maximum atomic E-state index is 11.4. The molecule has 6 nitrogen and oxygen atoms in total. The monoisotopic (exact) mass is 244 g/mol. The van der Waals surface area contributed by atoms with Crippen molar-refractivity contribution in [2.75, 3.05) is 13.1 Å². The van der Waals surface area contributed by atoms with Crippen LogP contribution in [0.15, 0.2) is 0 Å². The molecule has 0 rings (SSSR count). The van der Waals surface area contributed by atoms with Gasteiger partial charge in [-0.1, -0.05) is 0 Å². The predicted octanol–water partition coefficient (Wildman–Crippen LogP) is -1.13. The van der Waals surface area contributed by atoms with Crippen molar-refractivity contribution in [2.45, 2.75) is 44.2 Å². The molecule has 0 fully saturated rings. The number of carbonyl (C=O) groups excluding carboxylic acids is 2. The molecule has 0 spiro atoms. The molecule has 2 atom stereocenters. The van der Waals surface area contributed by atoms with E-state index >= 15 is 0 Å². The van der Waals surface area contributed by atoms with E-state index in [0.717, 1.165) is 25.5 Å². The summed E-state index contributed by atoms with van der Waals surface area (Å²) in [5.74, 6) is -0.141. The van der Waals surface area contributed by atoms with E-state index in [1.807, 2.05) is 0 Å². The number of nitrogens with one attached hydrogen (secondary N) is 1. The molecule has 0 heterocycles. The van der Waals surface area contributed by atoms with E-state index in [0.29, 0.717) is 25.9 Å². The Hall–Kier alpha value is -0.980. The summed E-state index contributed by atoms with van der Waals surface area (Å²) in [7, 11) is 0. The minimum atomic E-state index is -0.476. The van der Waals surface area contributed by atoms with Crippen molar-refractivity contribution in [3.8, 4) is 0 Å². The van der Waals surface area contributed by atoms with E-state index in [1.165, 1.54) is 0 Å². The highest BCUT2D eigenvalue weighted by Crippen LogP contribution is 1.97. The van der Waals surface area contributed by atoms with Gasteiger partial charge < -0.3 is 27.3 Å². The Morgan fingerprint density at radius 2 is 1.88 bits per heavy atom. The fourth-order valence-electron chi connectivity index (χ4n) is 1.38. The summed E-state index contributed by atoms with van der Waals surface area (Å²) in [6.07, 6.45) is 4.37. The van der Waals surface area contributed by atoms with Crippen LogP contribution in [0.5, 0.6) is 0 Å². The molecule has 0 radical (unpaired) electrons. The summed E-state index contributed by atoms with van der Waals surface area (Å²) in [6, 6.07) is -0.867. The lowest BCUT2D eigenvalue weighted by Crippen LogP contribution is -2.41. The van der Waals surface area contributed by atoms with Gasteiger partial charge in [-0.2, -0.15) is 0 Å². The Balaban J connectivity index is 3.47. The van der Waals surface area contributed by atoms with Gasteiger partial charge >= 0.3 is 0 Å². The number of nitrogens with two attached hydrogens (primary N) is 3. The number of aldehydes is 1. The maximum absolute atomic E-state index is 11.4. The standard InChI is InChI=1S/C11H24N4O2/c12-6-3-5-10(14)11(17)15-7-2-1-4-9(13)8-16/h8-10H,1-7,12-14H2,(H,15,17)/t9-,10?/m0/s1. The molecule has 0 aromatic heterocycles. The van der Waals surface area contributed by atoms with Crippen molar-refractivity contribution in [3.05, 3.63) is 0 Å². The summed E-state index contributed by atoms with van der Waals surface area (Å²) in [6.45, 7) is 1.12. The van der Waals surface area contributed by atoms with Crippen molar-refractivity contribution in [1.82, 2.24) is 5.32 Å². The smallest absolute Gasteiger partial charge is 0.236 e. The summed E-state index contributed by atoms with van der Waals surface area (Å²) in [4.78, 5) is 21.7. The Morgan fingerprint density at radius 3 is 2.47 bits per heavy atom. The normalized spacial score (nSPS) is 14.1. The molecule has 0 aliphatic carbocycles. The first kappa shape index (κ1) is 16.0. The number of hydrogen-bond donors (Lipinski definition) is 4. The van der Waals surface area contributed by atoms with Crippen LogP contribution in [0.3, 0.4) is 0 Å². The SMILES string of the molecule is NCCCC(N)C(=O)NCCCC[C@H](N)C=O. The summed E-state index contributed by atoms with van der Waals surface area (Å²) in [5.41, 5.74) is 16.4. The third kappa shape index (κ3) is 8.79. The fraction of sp³-hybridized carbons (Fsp3) is 0.818. The molecule has 0 saturated carbocycles. The van der Waals surface area contributed by atoms with Crippen molar-refractivity contribution in [3.63, 3.8) is 0 Å². The lowest BCUT2D eigenvalue weighted by molar-refractivity contribution is -0.122. The third-order valence-electron chi connectivity index (χ3n) is 2.49. The lowest BCUT2D eigenvalue weighted by atomic mass is 10.1. The van der Waals surface area contributed by atoms with E-state index in [4.69, 9.17) is 17.2 Å². The Bertz CT molecular complexity index is 224. The van der Waals surface area contributed by atoms with Gasteiger partial charge in [0.05, 0.1) is 12.1 Å². The van der Waals surface area contributed by atoms with E-state index in [2.05, 4.69) is 5.32 Å². The number of amides is 1. The van der Waals surface area contributed by atoms with E-state index in [1.54, 1.807) is 0 Å².